The van der Waals surface area contributed by atoms with Gasteiger partial charge in [-0.05, 0) is 25.3 Å². The zero-order valence-corrected chi connectivity index (χ0v) is 18.4. The summed E-state index contributed by atoms with van der Waals surface area (Å²) in [5, 5.41) is 13.3. The number of nitrogens with zero attached hydrogens (tertiary/aromatic N) is 4. The maximum Gasteiger partial charge on any atom is 0.262 e. The van der Waals surface area contributed by atoms with Crippen molar-refractivity contribution in [2.75, 3.05) is 5.32 Å². The van der Waals surface area contributed by atoms with E-state index in [-0.39, 0.29) is 24.4 Å². The van der Waals surface area contributed by atoms with Gasteiger partial charge in [0, 0.05) is 24.3 Å². The third-order valence-electron chi connectivity index (χ3n) is 5.64. The molecule has 1 N–H and O–H groups in total. The first-order valence-corrected chi connectivity index (χ1v) is 11.7. The second-order valence-corrected chi connectivity index (χ2v) is 9.98. The van der Waals surface area contributed by atoms with Crippen LogP contribution in [0, 0.1) is 19.8 Å². The molecule has 4 rings (SSSR count). The number of thiophene rings is 1. The maximum atomic E-state index is 12.7. The minimum absolute atomic E-state index is 0.0877. The van der Waals surface area contributed by atoms with E-state index in [0.717, 1.165) is 26.7 Å². The summed E-state index contributed by atoms with van der Waals surface area (Å²) in [5.41, 5.74) is 0.885. The number of fused-ring (bicyclic) bond motifs is 1. The first kappa shape index (κ1) is 20.2. The Morgan fingerprint density at radius 3 is 2.79 bits per heavy atom. The largest absolute Gasteiger partial charge is 0.300 e. The van der Waals surface area contributed by atoms with Gasteiger partial charge in [-0.3, -0.25) is 14.2 Å². The van der Waals surface area contributed by atoms with Gasteiger partial charge in [0.15, 0.2) is 0 Å². The summed E-state index contributed by atoms with van der Waals surface area (Å²) in [6.45, 7) is 4.22. The van der Waals surface area contributed by atoms with E-state index in [2.05, 4.69) is 20.5 Å². The molecule has 1 fully saturated rings. The smallest absolute Gasteiger partial charge is 0.262 e. The lowest BCUT2D eigenvalue weighted by Crippen LogP contribution is -2.23. The van der Waals surface area contributed by atoms with Gasteiger partial charge in [0.25, 0.3) is 5.56 Å². The molecule has 0 radical (unpaired) electrons. The van der Waals surface area contributed by atoms with Crippen molar-refractivity contribution in [1.82, 2.24) is 19.7 Å². The number of carbonyl (C=O) groups is 1. The first-order valence-electron chi connectivity index (χ1n) is 10.1. The highest BCUT2D eigenvalue weighted by molar-refractivity contribution is 7.18. The molecule has 0 atom stereocenters. The molecular weight excluding hydrogens is 406 g/mol. The molecule has 29 heavy (non-hydrogen) atoms. The molecule has 9 heteroatoms. The van der Waals surface area contributed by atoms with Crippen LogP contribution in [0.25, 0.3) is 10.2 Å². The predicted molar refractivity (Wildman–Crippen MR) is 117 cm³/mol. The zero-order chi connectivity index (χ0) is 20.4. The van der Waals surface area contributed by atoms with Gasteiger partial charge in [-0.25, -0.2) is 4.98 Å². The average molecular weight is 432 g/mol. The van der Waals surface area contributed by atoms with Gasteiger partial charge in [-0.2, -0.15) is 0 Å². The fourth-order valence-electron chi connectivity index (χ4n) is 3.86. The maximum absolute atomic E-state index is 12.7. The minimum Gasteiger partial charge on any atom is -0.300 e. The van der Waals surface area contributed by atoms with Crippen molar-refractivity contribution in [2.45, 2.75) is 65.3 Å². The Labute approximate surface area is 177 Å². The molecule has 0 aromatic carbocycles. The number of rotatable bonds is 6. The number of amides is 1. The molecule has 154 valence electrons. The van der Waals surface area contributed by atoms with Gasteiger partial charge in [-0.15, -0.1) is 21.5 Å². The molecule has 7 nitrogen and oxygen atoms in total. The Balaban J connectivity index is 1.34. The third-order valence-corrected chi connectivity index (χ3v) is 7.61. The van der Waals surface area contributed by atoms with Crippen LogP contribution in [-0.4, -0.2) is 25.7 Å². The lowest BCUT2D eigenvalue weighted by atomic mass is 9.87. The molecule has 0 unspecified atom stereocenters. The van der Waals surface area contributed by atoms with Crippen molar-refractivity contribution in [3.63, 3.8) is 0 Å². The Bertz CT molecular complexity index is 1080. The summed E-state index contributed by atoms with van der Waals surface area (Å²) >= 11 is 2.98. The van der Waals surface area contributed by atoms with Gasteiger partial charge in [-0.1, -0.05) is 43.4 Å². The number of aryl methyl sites for hydroxylation is 3. The molecule has 1 aliphatic carbocycles. The quantitative estimate of drug-likeness (QED) is 0.635. The standard InChI is InChI=1S/C20H25N5O2S2/c1-12-13(2)28-18-17(12)19(27)25(11-21-18)9-8-15(26)22-20-24-23-16(29-20)10-14-6-4-3-5-7-14/h11,14H,3-10H2,1-2H3,(H,22,24,26). The fraction of sp³-hybridized carbons (Fsp3) is 0.550. The number of hydrogen-bond donors (Lipinski definition) is 1. The second kappa shape index (κ2) is 8.71. The Morgan fingerprint density at radius 1 is 1.21 bits per heavy atom. The Morgan fingerprint density at radius 2 is 2.00 bits per heavy atom. The topological polar surface area (TPSA) is 89.8 Å². The lowest BCUT2D eigenvalue weighted by Gasteiger charge is -2.19. The molecule has 3 aromatic rings. The van der Waals surface area contributed by atoms with Crippen molar-refractivity contribution in [3.05, 3.63) is 32.1 Å². The highest BCUT2D eigenvalue weighted by Crippen LogP contribution is 2.29. The van der Waals surface area contributed by atoms with Gasteiger partial charge in [0.2, 0.25) is 11.0 Å². The fourth-order valence-corrected chi connectivity index (χ4v) is 5.72. The van der Waals surface area contributed by atoms with Crippen molar-refractivity contribution in [2.24, 2.45) is 5.92 Å². The number of anilines is 1. The molecule has 0 spiro atoms. The molecule has 0 bridgehead atoms. The molecular formula is C20H25N5O2S2. The zero-order valence-electron chi connectivity index (χ0n) is 16.7. The van der Waals surface area contributed by atoms with Crippen LogP contribution in [0.4, 0.5) is 5.13 Å². The van der Waals surface area contributed by atoms with E-state index in [0.29, 0.717) is 16.4 Å². The summed E-state index contributed by atoms with van der Waals surface area (Å²) in [5.74, 6) is 0.523. The van der Waals surface area contributed by atoms with E-state index in [1.807, 2.05) is 13.8 Å². The van der Waals surface area contributed by atoms with Crippen LogP contribution in [0.1, 0.15) is 54.0 Å². The summed E-state index contributed by atoms with van der Waals surface area (Å²) in [6, 6.07) is 0. The summed E-state index contributed by atoms with van der Waals surface area (Å²) < 4.78 is 1.51. The number of aromatic nitrogens is 4. The van der Waals surface area contributed by atoms with E-state index >= 15 is 0 Å². The van der Waals surface area contributed by atoms with Gasteiger partial charge < -0.3 is 5.32 Å². The van der Waals surface area contributed by atoms with E-state index in [1.54, 1.807) is 0 Å². The second-order valence-electron chi connectivity index (χ2n) is 7.71. The molecule has 0 aliphatic heterocycles. The number of hydrogen-bond acceptors (Lipinski definition) is 7. The highest BCUT2D eigenvalue weighted by atomic mass is 32.1. The molecule has 1 aliphatic rings. The minimum atomic E-state index is -0.171. The van der Waals surface area contributed by atoms with Crippen LogP contribution in [-0.2, 0) is 17.8 Å². The van der Waals surface area contributed by atoms with Crippen LogP contribution < -0.4 is 10.9 Å². The summed E-state index contributed by atoms with van der Waals surface area (Å²) in [6.07, 6.45) is 9.14. The summed E-state index contributed by atoms with van der Waals surface area (Å²) in [7, 11) is 0. The normalized spacial score (nSPS) is 15.1. The van der Waals surface area contributed by atoms with E-state index in [9.17, 15) is 9.59 Å². The number of carbonyl (C=O) groups excluding carboxylic acids is 1. The van der Waals surface area contributed by atoms with Gasteiger partial charge in [0.1, 0.15) is 9.84 Å². The molecule has 0 saturated heterocycles. The van der Waals surface area contributed by atoms with E-state index < -0.39 is 0 Å². The third kappa shape index (κ3) is 4.56. The van der Waals surface area contributed by atoms with Crippen molar-refractivity contribution >= 4 is 43.9 Å². The summed E-state index contributed by atoms with van der Waals surface area (Å²) in [4.78, 5) is 31.3. The molecule has 1 saturated carbocycles. The monoisotopic (exact) mass is 431 g/mol. The predicted octanol–water partition coefficient (Wildman–Crippen LogP) is 4.08. The SMILES string of the molecule is Cc1sc2ncn(CCC(=O)Nc3nnc(CC4CCCCC4)s3)c(=O)c2c1C. The first-order chi connectivity index (χ1) is 14.0. The van der Waals surface area contributed by atoms with Crippen LogP contribution in [0.15, 0.2) is 11.1 Å². The molecule has 3 aromatic heterocycles. The van der Waals surface area contributed by atoms with E-state index in [4.69, 9.17) is 0 Å². The number of nitrogens with one attached hydrogen (secondary N) is 1. The van der Waals surface area contributed by atoms with Gasteiger partial charge in [0.05, 0.1) is 11.7 Å². The average Bonchev–Trinajstić information content (AvgIpc) is 3.26. The van der Waals surface area contributed by atoms with Crippen molar-refractivity contribution in [1.29, 1.82) is 0 Å². The lowest BCUT2D eigenvalue weighted by molar-refractivity contribution is -0.116. The van der Waals surface area contributed by atoms with Crippen molar-refractivity contribution < 1.29 is 4.79 Å². The van der Waals surface area contributed by atoms with Crippen molar-refractivity contribution in [3.8, 4) is 0 Å². The van der Waals surface area contributed by atoms with Crippen LogP contribution in [0.3, 0.4) is 0 Å². The van der Waals surface area contributed by atoms with Crippen LogP contribution in [0.5, 0.6) is 0 Å². The van der Waals surface area contributed by atoms with Gasteiger partial charge >= 0.3 is 0 Å². The Kier molecular flexibility index (Phi) is 6.05. The van der Waals surface area contributed by atoms with Crippen LogP contribution in [0.2, 0.25) is 0 Å². The molecule has 1 amide bonds. The molecule has 3 heterocycles. The van der Waals surface area contributed by atoms with E-state index in [1.165, 1.54) is 65.7 Å². The van der Waals surface area contributed by atoms with Crippen LogP contribution >= 0.6 is 22.7 Å². The Hall–Kier alpha value is -2.13. The highest BCUT2D eigenvalue weighted by Gasteiger charge is 2.17.